The van der Waals surface area contributed by atoms with Crippen LogP contribution in [0.25, 0.3) is 10.5 Å². The molecule has 0 fully saturated rings. The van der Waals surface area contributed by atoms with Gasteiger partial charge in [-0.05, 0) is 18.2 Å². The number of carboxylic acids is 1. The van der Waals surface area contributed by atoms with Gasteiger partial charge in [0.2, 0.25) is 4.96 Å². The largest absolute Gasteiger partial charge is 0.485 e. The van der Waals surface area contributed by atoms with E-state index in [0.717, 1.165) is 20.8 Å². The summed E-state index contributed by atoms with van der Waals surface area (Å²) in [7, 11) is 0. The monoisotopic (exact) mass is 462 g/mol. The standard InChI is InChI=1S/C22H14N4O6S/c27-16(28)9-25-12-6-2-1-5-11(12)17(20(25)29)18-21(30)26-22(33-18)23-19(24-26)15-10-31-13-7-3-4-8-14(13)32-15/h1-8,15H,9-10H2,(H,27,28). The topological polar surface area (TPSA) is 123 Å². The van der Waals surface area contributed by atoms with E-state index in [9.17, 15) is 19.5 Å². The number of nitrogens with zero attached hydrogens (tertiary/aromatic N) is 4. The number of amides is 1. The molecule has 10 nitrogen and oxygen atoms in total. The van der Waals surface area contributed by atoms with Gasteiger partial charge in [0, 0.05) is 5.56 Å². The zero-order valence-electron chi connectivity index (χ0n) is 16.8. The van der Waals surface area contributed by atoms with Crippen LogP contribution in [0.3, 0.4) is 0 Å². The minimum absolute atomic E-state index is 0.155. The van der Waals surface area contributed by atoms with Gasteiger partial charge in [0.25, 0.3) is 11.5 Å². The summed E-state index contributed by atoms with van der Waals surface area (Å²) in [5.74, 6) is -0.194. The van der Waals surface area contributed by atoms with Gasteiger partial charge in [0.15, 0.2) is 23.4 Å². The number of carbonyl (C=O) groups excluding carboxylic acids is 1. The zero-order chi connectivity index (χ0) is 22.7. The van der Waals surface area contributed by atoms with Crippen LogP contribution in [-0.4, -0.2) is 44.7 Å². The van der Waals surface area contributed by atoms with Crippen LogP contribution in [0.5, 0.6) is 11.5 Å². The third-order valence-electron chi connectivity index (χ3n) is 5.41. The Morgan fingerprint density at radius 2 is 1.88 bits per heavy atom. The predicted octanol–water partition coefficient (Wildman–Crippen LogP) is 1.01. The molecule has 0 radical (unpaired) electrons. The van der Waals surface area contributed by atoms with Crippen molar-refractivity contribution in [3.8, 4) is 11.5 Å². The lowest BCUT2D eigenvalue weighted by molar-refractivity contribution is -0.136. The van der Waals surface area contributed by atoms with Gasteiger partial charge in [0.05, 0.1) is 11.3 Å². The molecular formula is C22H14N4O6S. The van der Waals surface area contributed by atoms with Crippen molar-refractivity contribution < 1.29 is 24.2 Å². The molecule has 6 rings (SSSR count). The number of aromatic nitrogens is 3. The normalized spacial score (nSPS) is 18.6. The van der Waals surface area contributed by atoms with E-state index in [1.165, 1.54) is 0 Å². The van der Waals surface area contributed by atoms with Crippen molar-refractivity contribution >= 4 is 39.4 Å². The average molecular weight is 462 g/mol. The van der Waals surface area contributed by atoms with Crippen LogP contribution in [0, 0.1) is 0 Å². The molecule has 0 saturated heterocycles. The molecule has 0 bridgehead atoms. The van der Waals surface area contributed by atoms with E-state index in [-0.39, 0.29) is 16.7 Å². The van der Waals surface area contributed by atoms with Crippen molar-refractivity contribution in [3.63, 3.8) is 0 Å². The Hall–Kier alpha value is -4.25. The SMILES string of the molecule is O=C(O)CN1C(=O)C(=c2sc3nc(C4COc5ccccc5O4)nn3c2=O)c2ccccc21. The summed E-state index contributed by atoms with van der Waals surface area (Å²) in [4.78, 5) is 43.5. The van der Waals surface area contributed by atoms with Gasteiger partial charge in [-0.1, -0.05) is 41.7 Å². The molecule has 1 amide bonds. The van der Waals surface area contributed by atoms with Crippen molar-refractivity contribution in [1.29, 1.82) is 0 Å². The van der Waals surface area contributed by atoms with Crippen molar-refractivity contribution in [2.75, 3.05) is 18.1 Å². The quantitative estimate of drug-likeness (QED) is 0.479. The number of rotatable bonds is 3. The summed E-state index contributed by atoms with van der Waals surface area (Å²) in [6, 6.07) is 14.0. The van der Waals surface area contributed by atoms with E-state index in [1.807, 2.05) is 12.1 Å². The van der Waals surface area contributed by atoms with Crippen molar-refractivity contribution in [3.05, 3.63) is 74.8 Å². The molecule has 2 aromatic carbocycles. The number of carbonyl (C=O) groups is 2. The number of ether oxygens (including phenoxy) is 2. The van der Waals surface area contributed by atoms with Gasteiger partial charge in [-0.25, -0.2) is 0 Å². The van der Waals surface area contributed by atoms with Crippen LogP contribution in [0.15, 0.2) is 53.3 Å². The second-order valence-electron chi connectivity index (χ2n) is 7.44. The van der Waals surface area contributed by atoms with Gasteiger partial charge in [-0.3, -0.25) is 19.3 Å². The fraction of sp³-hybridized carbons (Fsp3) is 0.136. The number of para-hydroxylation sites is 3. The Bertz CT molecular complexity index is 1580. The van der Waals surface area contributed by atoms with Crippen molar-refractivity contribution in [1.82, 2.24) is 14.6 Å². The van der Waals surface area contributed by atoms with Crippen LogP contribution in [0.2, 0.25) is 0 Å². The highest BCUT2D eigenvalue weighted by atomic mass is 32.1. The first-order valence-corrected chi connectivity index (χ1v) is 10.8. The Balaban J connectivity index is 1.44. The molecule has 2 aromatic heterocycles. The lowest BCUT2D eigenvalue weighted by atomic mass is 10.1. The highest BCUT2D eigenvalue weighted by molar-refractivity contribution is 7.15. The molecule has 4 aromatic rings. The van der Waals surface area contributed by atoms with Crippen LogP contribution < -0.4 is 24.5 Å². The summed E-state index contributed by atoms with van der Waals surface area (Å²) >= 11 is 1.03. The first-order chi connectivity index (χ1) is 16.0. The molecule has 11 heteroatoms. The summed E-state index contributed by atoms with van der Waals surface area (Å²) in [5.41, 5.74) is 0.611. The number of hydrogen-bond donors (Lipinski definition) is 1. The minimum atomic E-state index is -1.15. The molecule has 2 aliphatic rings. The molecule has 2 aliphatic heterocycles. The molecule has 1 atom stereocenters. The smallest absolute Gasteiger partial charge is 0.323 e. The number of hydrogen-bond acceptors (Lipinski definition) is 8. The molecule has 1 unspecified atom stereocenters. The third kappa shape index (κ3) is 2.97. The van der Waals surface area contributed by atoms with Crippen LogP contribution in [0.1, 0.15) is 17.5 Å². The van der Waals surface area contributed by atoms with Crippen LogP contribution in [-0.2, 0) is 9.59 Å². The number of thiazole rings is 1. The Labute approximate surface area is 188 Å². The van der Waals surface area contributed by atoms with E-state index < -0.39 is 30.1 Å². The minimum Gasteiger partial charge on any atom is -0.485 e. The van der Waals surface area contributed by atoms with Gasteiger partial charge in [-0.2, -0.15) is 9.50 Å². The summed E-state index contributed by atoms with van der Waals surface area (Å²) in [5, 5.41) is 13.5. The fourth-order valence-electron chi connectivity index (χ4n) is 3.98. The molecule has 164 valence electrons. The second kappa shape index (κ2) is 7.14. The molecule has 0 saturated carbocycles. The Morgan fingerprint density at radius 1 is 1.12 bits per heavy atom. The lowest BCUT2D eigenvalue weighted by Crippen LogP contribution is -2.35. The van der Waals surface area contributed by atoms with Gasteiger partial charge >= 0.3 is 5.97 Å². The Kier molecular flexibility index (Phi) is 4.20. The number of aliphatic carboxylic acids is 1. The number of fused-ring (bicyclic) bond motifs is 3. The van der Waals surface area contributed by atoms with Crippen molar-refractivity contribution in [2.24, 2.45) is 0 Å². The van der Waals surface area contributed by atoms with E-state index in [0.29, 0.717) is 33.5 Å². The summed E-state index contributed by atoms with van der Waals surface area (Å²) < 4.78 is 12.9. The van der Waals surface area contributed by atoms with Gasteiger partial charge < -0.3 is 14.6 Å². The van der Waals surface area contributed by atoms with E-state index in [2.05, 4.69) is 10.1 Å². The molecule has 0 aliphatic carbocycles. The first kappa shape index (κ1) is 19.4. The maximum atomic E-state index is 13.2. The second-order valence-corrected chi connectivity index (χ2v) is 8.42. The maximum Gasteiger partial charge on any atom is 0.323 e. The number of anilines is 1. The molecule has 0 spiro atoms. The van der Waals surface area contributed by atoms with E-state index in [4.69, 9.17) is 9.47 Å². The van der Waals surface area contributed by atoms with E-state index in [1.54, 1.807) is 36.4 Å². The van der Waals surface area contributed by atoms with Gasteiger partial charge in [-0.15, -0.1) is 5.10 Å². The molecule has 1 N–H and O–H groups in total. The highest BCUT2D eigenvalue weighted by Gasteiger charge is 2.35. The zero-order valence-corrected chi connectivity index (χ0v) is 17.6. The number of benzene rings is 2. The number of carboxylic acid groups (broad SMARTS) is 1. The molecule has 4 heterocycles. The lowest BCUT2D eigenvalue weighted by Gasteiger charge is -2.24. The highest BCUT2D eigenvalue weighted by Crippen LogP contribution is 2.36. The first-order valence-electron chi connectivity index (χ1n) is 9.96. The predicted molar refractivity (Wildman–Crippen MR) is 117 cm³/mol. The van der Waals surface area contributed by atoms with Crippen LogP contribution in [0.4, 0.5) is 5.69 Å². The molecular weight excluding hydrogens is 448 g/mol. The Morgan fingerprint density at radius 3 is 2.67 bits per heavy atom. The summed E-state index contributed by atoms with van der Waals surface area (Å²) in [6.45, 7) is -0.303. The van der Waals surface area contributed by atoms with Crippen molar-refractivity contribution in [2.45, 2.75) is 6.10 Å². The van der Waals surface area contributed by atoms with Crippen LogP contribution >= 0.6 is 11.3 Å². The maximum absolute atomic E-state index is 13.2. The van der Waals surface area contributed by atoms with E-state index >= 15 is 0 Å². The fourth-order valence-corrected chi connectivity index (χ4v) is 4.98. The summed E-state index contributed by atoms with van der Waals surface area (Å²) in [6.07, 6.45) is -0.581. The average Bonchev–Trinajstić information content (AvgIpc) is 3.45. The molecule has 33 heavy (non-hydrogen) atoms. The van der Waals surface area contributed by atoms with Gasteiger partial charge in [0.1, 0.15) is 17.7 Å². The third-order valence-corrected chi connectivity index (χ3v) is 6.44.